The number of unbranched alkanes of at least 4 members (excludes halogenated alkanes) is 3. The number of ether oxygens (including phenoxy) is 1. The number of benzene rings is 3. The second-order valence-corrected chi connectivity index (χ2v) is 13.4. The van der Waals surface area contributed by atoms with Gasteiger partial charge in [-0.1, -0.05) is 68.7 Å². The summed E-state index contributed by atoms with van der Waals surface area (Å²) in [6.45, 7) is 5.59. The zero-order valence-electron chi connectivity index (χ0n) is 28.8. The van der Waals surface area contributed by atoms with E-state index in [-0.39, 0.29) is 29.9 Å². The second kappa shape index (κ2) is 15.8. The number of anilines is 1. The summed E-state index contributed by atoms with van der Waals surface area (Å²) in [7, 11) is 0. The van der Waals surface area contributed by atoms with Gasteiger partial charge in [0.1, 0.15) is 5.54 Å². The van der Waals surface area contributed by atoms with Crippen LogP contribution in [0.25, 0.3) is 11.0 Å². The number of imidazole rings is 1. The Balaban J connectivity index is 1.09. The maximum absolute atomic E-state index is 14.2. The highest BCUT2D eigenvalue weighted by Crippen LogP contribution is 2.40. The van der Waals surface area contributed by atoms with Crippen LogP contribution < -0.4 is 10.6 Å². The molecule has 6 rings (SSSR count). The van der Waals surface area contributed by atoms with Crippen molar-refractivity contribution in [2.24, 2.45) is 0 Å². The molecule has 1 spiro atoms. The standard InChI is InChI=1S/C39H47N5O6/c1-2-3-4-8-19-35(45)50-29-43-34-18-10-9-17-33(34)42(38(43)49)23-12-22-40-24-20-39(21-25-40)37(48)41(28-44(39)32-15-6-5-7-16-32)27-30-13-11-14-31(26-30)36(46)47/h5-7,9-11,13-18,26H,2-4,8,12,19-25,27-29H2,1H3,(H,46,47). The maximum atomic E-state index is 14.2. The topological polar surface area (TPSA) is 117 Å². The molecule has 50 heavy (non-hydrogen) atoms. The van der Waals surface area contributed by atoms with Crippen molar-refractivity contribution >= 4 is 34.6 Å². The van der Waals surface area contributed by atoms with E-state index in [4.69, 9.17) is 4.74 Å². The minimum Gasteiger partial charge on any atom is -0.478 e. The van der Waals surface area contributed by atoms with E-state index in [0.29, 0.717) is 39.0 Å². The van der Waals surface area contributed by atoms with Crippen LogP contribution in [0.1, 0.15) is 74.2 Å². The molecule has 1 amide bonds. The third-order valence-corrected chi connectivity index (χ3v) is 10.2. The van der Waals surface area contributed by atoms with Gasteiger partial charge in [0.25, 0.3) is 0 Å². The molecule has 0 aliphatic carbocycles. The van der Waals surface area contributed by atoms with Crippen LogP contribution in [0.5, 0.6) is 0 Å². The number of esters is 1. The lowest BCUT2D eigenvalue weighted by Gasteiger charge is -2.43. The van der Waals surface area contributed by atoms with Crippen molar-refractivity contribution < 1.29 is 24.2 Å². The van der Waals surface area contributed by atoms with E-state index >= 15 is 0 Å². The first-order valence-electron chi connectivity index (χ1n) is 17.8. The number of amides is 1. The Kier molecular flexibility index (Phi) is 11.0. The average Bonchev–Trinajstić information content (AvgIpc) is 3.55. The molecule has 0 radical (unpaired) electrons. The first-order valence-corrected chi connectivity index (χ1v) is 17.8. The second-order valence-electron chi connectivity index (χ2n) is 13.4. The normalized spacial score (nSPS) is 16.1. The van der Waals surface area contributed by atoms with Gasteiger partial charge >= 0.3 is 17.6 Å². The molecule has 3 heterocycles. The molecule has 1 N–H and O–H groups in total. The number of hydrogen-bond donors (Lipinski definition) is 1. The summed E-state index contributed by atoms with van der Waals surface area (Å²) in [6.07, 6.45) is 6.41. The van der Waals surface area contributed by atoms with E-state index in [1.165, 1.54) is 4.57 Å². The highest BCUT2D eigenvalue weighted by molar-refractivity contribution is 5.93. The fourth-order valence-corrected chi connectivity index (χ4v) is 7.46. The van der Waals surface area contributed by atoms with E-state index in [1.54, 1.807) is 22.8 Å². The average molecular weight is 682 g/mol. The van der Waals surface area contributed by atoms with Gasteiger partial charge in [0, 0.05) is 38.3 Å². The number of carbonyl (C=O) groups excluding carboxylic acids is 2. The van der Waals surface area contributed by atoms with Crippen molar-refractivity contribution in [3.63, 3.8) is 0 Å². The van der Waals surface area contributed by atoms with Gasteiger partial charge in [-0.2, -0.15) is 0 Å². The predicted molar refractivity (Wildman–Crippen MR) is 192 cm³/mol. The van der Waals surface area contributed by atoms with Crippen molar-refractivity contribution in [2.45, 2.75) is 83.6 Å². The van der Waals surface area contributed by atoms with Gasteiger partial charge in [-0.3, -0.25) is 18.7 Å². The first kappa shape index (κ1) is 34.9. The number of aromatic nitrogens is 2. The number of likely N-dealkylation sites (tertiary alicyclic amines) is 1. The number of aromatic carboxylic acids is 1. The van der Waals surface area contributed by atoms with E-state index in [0.717, 1.165) is 74.0 Å². The fraction of sp³-hybridized carbons (Fsp3) is 0.436. The van der Waals surface area contributed by atoms with E-state index < -0.39 is 11.5 Å². The number of para-hydroxylation sites is 3. The minimum atomic E-state index is -0.987. The Labute approximate surface area is 292 Å². The minimum absolute atomic E-state index is 0.0720. The lowest BCUT2D eigenvalue weighted by molar-refractivity contribution is -0.147. The lowest BCUT2D eigenvalue weighted by atomic mass is 9.85. The molecule has 11 nitrogen and oxygen atoms in total. The van der Waals surface area contributed by atoms with Crippen LogP contribution >= 0.6 is 0 Å². The number of hydrogen-bond acceptors (Lipinski definition) is 7. The van der Waals surface area contributed by atoms with Gasteiger partial charge in [0.05, 0.1) is 23.3 Å². The van der Waals surface area contributed by atoms with Crippen LogP contribution in [0.15, 0.2) is 83.7 Å². The molecule has 0 atom stereocenters. The molecule has 1 aromatic heterocycles. The molecule has 0 unspecified atom stereocenters. The smallest absolute Gasteiger partial charge is 0.335 e. The van der Waals surface area contributed by atoms with Crippen LogP contribution in [-0.2, 0) is 34.1 Å². The van der Waals surface area contributed by atoms with Crippen molar-refractivity contribution in [3.05, 3.63) is 100 Å². The number of carboxylic acids is 1. The highest BCUT2D eigenvalue weighted by Gasteiger charge is 2.53. The molecular weight excluding hydrogens is 634 g/mol. The predicted octanol–water partition coefficient (Wildman–Crippen LogP) is 5.70. The van der Waals surface area contributed by atoms with E-state index in [1.807, 2.05) is 65.6 Å². The maximum Gasteiger partial charge on any atom is 0.335 e. The number of rotatable bonds is 15. The van der Waals surface area contributed by atoms with Crippen molar-refractivity contribution in [3.8, 4) is 0 Å². The molecule has 264 valence electrons. The molecule has 4 aromatic rings. The number of carbonyl (C=O) groups is 3. The summed E-state index contributed by atoms with van der Waals surface area (Å²) in [4.78, 5) is 58.1. The number of piperidine rings is 1. The molecular formula is C39H47N5O6. The monoisotopic (exact) mass is 681 g/mol. The van der Waals surface area contributed by atoms with Crippen LogP contribution in [0.4, 0.5) is 5.69 Å². The van der Waals surface area contributed by atoms with Crippen LogP contribution in [0, 0.1) is 0 Å². The van der Waals surface area contributed by atoms with Gasteiger partial charge in [-0.25, -0.2) is 9.59 Å². The summed E-state index contributed by atoms with van der Waals surface area (Å²) >= 11 is 0. The Hall–Kier alpha value is -4.90. The molecule has 0 bridgehead atoms. The molecule has 2 fully saturated rings. The SMILES string of the molecule is CCCCCCC(=O)OCn1c(=O)n(CCCN2CCC3(CC2)C(=O)N(Cc2cccc(C(=O)O)c2)CN3c2ccccc2)c2ccccc21. The summed E-state index contributed by atoms with van der Waals surface area (Å²) < 4.78 is 8.81. The quantitative estimate of drug-likeness (QED) is 0.125. The Morgan fingerprint density at radius 2 is 1.54 bits per heavy atom. The van der Waals surface area contributed by atoms with Crippen LogP contribution in [-0.4, -0.2) is 73.7 Å². The number of aryl methyl sites for hydroxylation is 1. The highest BCUT2D eigenvalue weighted by atomic mass is 16.5. The van der Waals surface area contributed by atoms with Crippen LogP contribution in [0.2, 0.25) is 0 Å². The number of nitrogens with zero attached hydrogens (tertiary/aromatic N) is 5. The molecule has 2 aliphatic rings. The third-order valence-electron chi connectivity index (χ3n) is 10.2. The Morgan fingerprint density at radius 1 is 0.820 bits per heavy atom. The first-order chi connectivity index (χ1) is 24.3. The van der Waals surface area contributed by atoms with Gasteiger partial charge in [0.15, 0.2) is 6.73 Å². The summed E-state index contributed by atoms with van der Waals surface area (Å²) in [5.41, 5.74) is 2.69. The van der Waals surface area contributed by atoms with Gasteiger partial charge in [-0.05, 0) is 74.2 Å². The molecule has 3 aromatic carbocycles. The van der Waals surface area contributed by atoms with E-state index in [2.05, 4.69) is 16.7 Å². The summed E-state index contributed by atoms with van der Waals surface area (Å²) in [6, 6.07) is 24.4. The largest absolute Gasteiger partial charge is 0.478 e. The number of carboxylic acid groups (broad SMARTS) is 1. The molecule has 2 aliphatic heterocycles. The Morgan fingerprint density at radius 3 is 2.26 bits per heavy atom. The van der Waals surface area contributed by atoms with Gasteiger partial charge < -0.3 is 24.5 Å². The van der Waals surface area contributed by atoms with Crippen molar-refractivity contribution in [1.29, 1.82) is 0 Å². The summed E-state index contributed by atoms with van der Waals surface area (Å²) in [5, 5.41) is 9.47. The third kappa shape index (κ3) is 7.47. The van der Waals surface area contributed by atoms with Gasteiger partial charge in [-0.15, -0.1) is 0 Å². The fourth-order valence-electron chi connectivity index (χ4n) is 7.46. The zero-order valence-corrected chi connectivity index (χ0v) is 28.8. The molecule has 0 saturated carbocycles. The number of fused-ring (bicyclic) bond motifs is 1. The summed E-state index contributed by atoms with van der Waals surface area (Å²) in [5.74, 6) is -1.20. The lowest BCUT2D eigenvalue weighted by Crippen LogP contribution is -2.56. The van der Waals surface area contributed by atoms with Crippen molar-refractivity contribution in [2.75, 3.05) is 31.2 Å². The molecule has 2 saturated heterocycles. The van der Waals surface area contributed by atoms with Crippen molar-refractivity contribution in [1.82, 2.24) is 18.9 Å². The van der Waals surface area contributed by atoms with Gasteiger partial charge in [0.2, 0.25) is 5.91 Å². The van der Waals surface area contributed by atoms with E-state index in [9.17, 15) is 24.3 Å². The van der Waals surface area contributed by atoms with Crippen LogP contribution in [0.3, 0.4) is 0 Å². The zero-order chi connectivity index (χ0) is 35.1. The molecule has 11 heteroatoms. The Bertz CT molecular complexity index is 1860.